The smallest absolute Gasteiger partial charge is 0.0971 e. The molecule has 2 rings (SSSR count). The zero-order valence-electron chi connectivity index (χ0n) is 11.2. The Kier molecular flexibility index (Phi) is 4.31. The average Bonchev–Trinajstić information content (AvgIpc) is 2.91. The summed E-state index contributed by atoms with van der Waals surface area (Å²) in [6, 6.07) is 7.58. The lowest BCUT2D eigenvalue weighted by Gasteiger charge is -2.42. The Morgan fingerprint density at radius 3 is 2.61 bits per heavy atom. The molecule has 1 fully saturated rings. The Balaban J connectivity index is 2.26. The molecule has 2 atom stereocenters. The van der Waals surface area contributed by atoms with E-state index in [-0.39, 0.29) is 5.54 Å². The lowest BCUT2D eigenvalue weighted by Crippen LogP contribution is -2.48. The first-order valence-corrected chi connectivity index (χ1v) is 7.14. The largest absolute Gasteiger partial charge is 0.386 e. The zero-order chi connectivity index (χ0) is 13.2. The van der Waals surface area contributed by atoms with E-state index >= 15 is 0 Å². The zero-order valence-corrected chi connectivity index (χ0v) is 12.0. The van der Waals surface area contributed by atoms with Gasteiger partial charge in [-0.3, -0.25) is 4.90 Å². The summed E-state index contributed by atoms with van der Waals surface area (Å²) in [6.07, 6.45) is 2.91. The van der Waals surface area contributed by atoms with Gasteiger partial charge in [-0.25, -0.2) is 0 Å². The highest BCUT2D eigenvalue weighted by atomic mass is 35.5. The molecule has 1 aliphatic heterocycles. The molecule has 1 aliphatic rings. The average molecular weight is 268 g/mol. The molecule has 0 saturated carbocycles. The highest BCUT2D eigenvalue weighted by Crippen LogP contribution is 2.36. The first-order chi connectivity index (χ1) is 8.58. The minimum atomic E-state index is -0.487. The number of halogens is 1. The van der Waals surface area contributed by atoms with E-state index in [0.717, 1.165) is 25.1 Å². The highest BCUT2D eigenvalue weighted by molar-refractivity contribution is 6.30. The molecule has 2 unspecified atom stereocenters. The number of benzene rings is 1. The van der Waals surface area contributed by atoms with Crippen molar-refractivity contribution in [1.82, 2.24) is 4.90 Å². The molecule has 0 aliphatic carbocycles. The summed E-state index contributed by atoms with van der Waals surface area (Å²) in [4.78, 5) is 2.42. The SMILES string of the molecule is CCC(C)(C(O)c1cccc(Cl)c1)N1CCCC1. The van der Waals surface area contributed by atoms with Gasteiger partial charge >= 0.3 is 0 Å². The molecular weight excluding hydrogens is 246 g/mol. The molecule has 18 heavy (non-hydrogen) atoms. The van der Waals surface area contributed by atoms with Crippen LogP contribution >= 0.6 is 11.6 Å². The molecule has 1 heterocycles. The third-order valence-corrected chi connectivity index (χ3v) is 4.53. The molecule has 0 radical (unpaired) electrons. The molecule has 2 nitrogen and oxygen atoms in total. The molecule has 0 spiro atoms. The number of nitrogens with zero attached hydrogens (tertiary/aromatic N) is 1. The Hall–Kier alpha value is -0.570. The highest BCUT2D eigenvalue weighted by Gasteiger charge is 2.39. The van der Waals surface area contributed by atoms with Gasteiger partial charge in [-0.2, -0.15) is 0 Å². The quantitative estimate of drug-likeness (QED) is 0.900. The Morgan fingerprint density at radius 1 is 1.39 bits per heavy atom. The summed E-state index contributed by atoms with van der Waals surface area (Å²) in [6.45, 7) is 6.47. The van der Waals surface area contributed by atoms with E-state index in [2.05, 4.69) is 18.7 Å². The van der Waals surface area contributed by atoms with Gasteiger partial charge < -0.3 is 5.11 Å². The monoisotopic (exact) mass is 267 g/mol. The summed E-state index contributed by atoms with van der Waals surface area (Å²) in [5, 5.41) is 11.4. The Labute approximate surface area is 115 Å². The van der Waals surface area contributed by atoms with Crippen molar-refractivity contribution in [3.05, 3.63) is 34.9 Å². The predicted octanol–water partition coefficient (Wildman–Crippen LogP) is 3.64. The topological polar surface area (TPSA) is 23.5 Å². The number of hydrogen-bond acceptors (Lipinski definition) is 2. The molecular formula is C15H22ClNO. The van der Waals surface area contributed by atoms with Crippen LogP contribution < -0.4 is 0 Å². The maximum absolute atomic E-state index is 10.7. The summed E-state index contributed by atoms with van der Waals surface area (Å²) < 4.78 is 0. The minimum Gasteiger partial charge on any atom is -0.386 e. The van der Waals surface area contributed by atoms with E-state index in [1.807, 2.05) is 24.3 Å². The predicted molar refractivity (Wildman–Crippen MR) is 75.9 cm³/mol. The molecule has 1 N–H and O–H groups in total. The van der Waals surface area contributed by atoms with E-state index in [1.165, 1.54) is 12.8 Å². The summed E-state index contributed by atoms with van der Waals surface area (Å²) >= 11 is 6.02. The Morgan fingerprint density at radius 2 is 2.06 bits per heavy atom. The molecule has 0 aromatic heterocycles. The maximum Gasteiger partial charge on any atom is 0.0971 e. The van der Waals surface area contributed by atoms with Crippen LogP contribution in [0.3, 0.4) is 0 Å². The number of likely N-dealkylation sites (tertiary alicyclic amines) is 1. The van der Waals surface area contributed by atoms with Crippen LogP contribution in [-0.4, -0.2) is 28.6 Å². The third kappa shape index (κ3) is 2.56. The second-order valence-electron chi connectivity index (χ2n) is 5.36. The number of hydrogen-bond donors (Lipinski definition) is 1. The van der Waals surface area contributed by atoms with Gasteiger partial charge in [0.05, 0.1) is 6.10 Å². The van der Waals surface area contributed by atoms with Crippen LogP contribution in [0.1, 0.15) is 44.8 Å². The first kappa shape index (κ1) is 13.9. The van der Waals surface area contributed by atoms with Crippen molar-refractivity contribution in [3.63, 3.8) is 0 Å². The Bertz CT molecular complexity index is 403. The van der Waals surface area contributed by atoms with Crippen LogP contribution in [0.25, 0.3) is 0 Å². The van der Waals surface area contributed by atoms with Crippen LogP contribution in [-0.2, 0) is 0 Å². The molecule has 0 amide bonds. The van der Waals surface area contributed by atoms with Gasteiger partial charge in [-0.15, -0.1) is 0 Å². The molecule has 100 valence electrons. The van der Waals surface area contributed by atoms with Gasteiger partial charge in [-0.05, 0) is 57.0 Å². The van der Waals surface area contributed by atoms with E-state index < -0.39 is 6.10 Å². The summed E-state index contributed by atoms with van der Waals surface area (Å²) in [5.74, 6) is 0. The lowest BCUT2D eigenvalue weighted by atomic mass is 9.85. The van der Waals surface area contributed by atoms with Gasteiger partial charge in [0.25, 0.3) is 0 Å². The van der Waals surface area contributed by atoms with Gasteiger partial charge in [0.2, 0.25) is 0 Å². The fourth-order valence-electron chi connectivity index (χ4n) is 2.85. The molecule has 3 heteroatoms. The molecule has 0 bridgehead atoms. The minimum absolute atomic E-state index is 0.193. The lowest BCUT2D eigenvalue weighted by molar-refractivity contribution is -0.0140. The standard InChI is InChI=1S/C15H22ClNO/c1-3-15(2,17-9-4-5-10-17)14(18)12-7-6-8-13(16)11-12/h6-8,11,14,18H,3-5,9-10H2,1-2H3. The fourth-order valence-corrected chi connectivity index (χ4v) is 3.05. The molecule has 1 aromatic rings. The number of aliphatic hydroxyl groups is 1. The van der Waals surface area contributed by atoms with Gasteiger partial charge in [0.1, 0.15) is 0 Å². The van der Waals surface area contributed by atoms with Crippen molar-refractivity contribution >= 4 is 11.6 Å². The first-order valence-electron chi connectivity index (χ1n) is 6.76. The fraction of sp³-hybridized carbons (Fsp3) is 0.600. The number of aliphatic hydroxyl groups excluding tert-OH is 1. The summed E-state index contributed by atoms with van der Waals surface area (Å²) in [5.41, 5.74) is 0.722. The van der Waals surface area contributed by atoms with Crippen molar-refractivity contribution in [1.29, 1.82) is 0 Å². The van der Waals surface area contributed by atoms with Crippen molar-refractivity contribution in [3.8, 4) is 0 Å². The number of rotatable bonds is 4. The van der Waals surface area contributed by atoms with Crippen LogP contribution in [0.15, 0.2) is 24.3 Å². The van der Waals surface area contributed by atoms with Crippen molar-refractivity contribution < 1.29 is 5.11 Å². The van der Waals surface area contributed by atoms with E-state index in [9.17, 15) is 5.11 Å². The van der Waals surface area contributed by atoms with E-state index in [4.69, 9.17) is 11.6 Å². The summed E-state index contributed by atoms with van der Waals surface area (Å²) in [7, 11) is 0. The van der Waals surface area contributed by atoms with Gasteiger partial charge in [0, 0.05) is 10.6 Å². The second kappa shape index (κ2) is 5.60. The third-order valence-electron chi connectivity index (χ3n) is 4.30. The van der Waals surface area contributed by atoms with Crippen molar-refractivity contribution in [2.45, 2.75) is 44.8 Å². The van der Waals surface area contributed by atoms with Crippen molar-refractivity contribution in [2.24, 2.45) is 0 Å². The van der Waals surface area contributed by atoms with Crippen LogP contribution in [0.2, 0.25) is 5.02 Å². The van der Waals surface area contributed by atoms with Crippen molar-refractivity contribution in [2.75, 3.05) is 13.1 Å². The second-order valence-corrected chi connectivity index (χ2v) is 5.80. The van der Waals surface area contributed by atoms with Crippen LogP contribution in [0.5, 0.6) is 0 Å². The van der Waals surface area contributed by atoms with E-state index in [0.29, 0.717) is 5.02 Å². The van der Waals surface area contributed by atoms with Gasteiger partial charge in [-0.1, -0.05) is 30.7 Å². The van der Waals surface area contributed by atoms with Crippen LogP contribution in [0, 0.1) is 0 Å². The van der Waals surface area contributed by atoms with Crippen LogP contribution in [0.4, 0.5) is 0 Å². The maximum atomic E-state index is 10.7. The normalized spacial score (nSPS) is 21.8. The van der Waals surface area contributed by atoms with E-state index in [1.54, 1.807) is 0 Å². The van der Waals surface area contributed by atoms with Gasteiger partial charge in [0.15, 0.2) is 0 Å². The molecule has 1 aromatic carbocycles. The molecule has 1 saturated heterocycles.